The van der Waals surface area contributed by atoms with Gasteiger partial charge in [0.2, 0.25) is 0 Å². The summed E-state index contributed by atoms with van der Waals surface area (Å²) < 4.78 is 13.4. The van der Waals surface area contributed by atoms with Crippen molar-refractivity contribution < 1.29 is 9.47 Å². The van der Waals surface area contributed by atoms with Gasteiger partial charge in [-0.05, 0) is 59.4 Å². The molecule has 2 aliphatic rings. The second kappa shape index (κ2) is 9.53. The first-order valence-electron chi connectivity index (χ1n) is 11.8. The van der Waals surface area contributed by atoms with E-state index in [4.69, 9.17) is 37.7 Å². The molecule has 0 spiro atoms. The molecule has 2 heterocycles. The minimum Gasteiger partial charge on any atom is -0.493 e. The van der Waals surface area contributed by atoms with Crippen LogP contribution in [0, 0.1) is 0 Å². The van der Waals surface area contributed by atoms with Crippen molar-refractivity contribution in [2.75, 3.05) is 14.2 Å². The standard InChI is InChI=1S/C29H22Cl2N2O3S/c1-35-22-13-11-18(14-23(22)36-2)27-20-12-10-16-6-3-4-8-19(16)26(20)32-29-33(27)28(34)24(37-29)15-17-7-5-9-21(30)25(17)31/h3-9,11,13-15,27H,10,12H2,1-2H3/b24-15+/t27-/m0/s1. The van der Waals surface area contributed by atoms with Gasteiger partial charge in [-0.1, -0.05) is 77.0 Å². The van der Waals surface area contributed by atoms with Gasteiger partial charge >= 0.3 is 0 Å². The van der Waals surface area contributed by atoms with Crippen molar-refractivity contribution in [3.63, 3.8) is 0 Å². The molecule has 0 N–H and O–H groups in total. The van der Waals surface area contributed by atoms with E-state index in [9.17, 15) is 4.79 Å². The first kappa shape index (κ1) is 24.0. The molecule has 3 aromatic carbocycles. The Hall–Kier alpha value is -3.32. The maximum atomic E-state index is 13.9. The van der Waals surface area contributed by atoms with Gasteiger partial charge in [0.1, 0.15) is 0 Å². The highest BCUT2D eigenvalue weighted by atomic mass is 35.5. The summed E-state index contributed by atoms with van der Waals surface area (Å²) in [6.45, 7) is 0. The Morgan fingerprint density at radius 2 is 1.81 bits per heavy atom. The van der Waals surface area contributed by atoms with Crippen LogP contribution in [0.1, 0.15) is 34.7 Å². The second-order valence-electron chi connectivity index (χ2n) is 8.87. The third-order valence-corrected chi connectivity index (χ3v) is 8.68. The van der Waals surface area contributed by atoms with Crippen LogP contribution < -0.4 is 24.4 Å². The number of nitrogens with zero attached hydrogens (tertiary/aromatic N) is 2. The third kappa shape index (κ3) is 4.00. The first-order chi connectivity index (χ1) is 18.0. The van der Waals surface area contributed by atoms with Gasteiger partial charge in [0, 0.05) is 5.56 Å². The normalized spacial score (nSPS) is 16.5. The van der Waals surface area contributed by atoms with E-state index in [2.05, 4.69) is 18.2 Å². The quantitative estimate of drug-likeness (QED) is 0.331. The Bertz CT molecular complexity index is 1770. The van der Waals surface area contributed by atoms with Gasteiger partial charge < -0.3 is 9.47 Å². The summed E-state index contributed by atoms with van der Waals surface area (Å²) in [4.78, 5) is 19.6. The molecule has 186 valence electrons. The van der Waals surface area contributed by atoms with Crippen LogP contribution >= 0.6 is 34.5 Å². The Morgan fingerprint density at radius 3 is 2.62 bits per heavy atom. The summed E-state index contributed by atoms with van der Waals surface area (Å²) in [6.07, 6.45) is 3.48. The zero-order valence-corrected chi connectivity index (χ0v) is 22.5. The van der Waals surface area contributed by atoms with Crippen LogP contribution in [0.15, 0.2) is 76.0 Å². The fraction of sp³-hybridized carbons (Fsp3) is 0.172. The highest BCUT2D eigenvalue weighted by molar-refractivity contribution is 7.07. The van der Waals surface area contributed by atoms with Gasteiger partial charge in [-0.25, -0.2) is 4.99 Å². The van der Waals surface area contributed by atoms with Crippen LogP contribution in [0.25, 0.3) is 11.8 Å². The van der Waals surface area contributed by atoms with Crippen molar-refractivity contribution in [1.82, 2.24) is 4.57 Å². The molecule has 0 unspecified atom stereocenters. The van der Waals surface area contributed by atoms with Crippen LogP contribution in [0.2, 0.25) is 10.0 Å². The third-order valence-electron chi connectivity index (χ3n) is 6.86. The van der Waals surface area contributed by atoms with E-state index in [1.165, 1.54) is 16.9 Å². The van der Waals surface area contributed by atoms with Crippen LogP contribution in [0.3, 0.4) is 0 Å². The van der Waals surface area contributed by atoms with E-state index in [0.29, 0.717) is 36.4 Å². The van der Waals surface area contributed by atoms with Crippen molar-refractivity contribution >= 4 is 46.3 Å². The fourth-order valence-electron chi connectivity index (χ4n) is 5.12. The van der Waals surface area contributed by atoms with Gasteiger partial charge in [0.15, 0.2) is 16.3 Å². The summed E-state index contributed by atoms with van der Waals surface area (Å²) in [5, 5.41) is 0.859. The van der Waals surface area contributed by atoms with Gasteiger partial charge in [-0.2, -0.15) is 0 Å². The van der Waals surface area contributed by atoms with Gasteiger partial charge in [0.25, 0.3) is 5.56 Å². The molecular formula is C29H22Cl2N2O3S. The Balaban J connectivity index is 1.63. The summed E-state index contributed by atoms with van der Waals surface area (Å²) in [5.41, 5.74) is 5.95. The molecule has 1 aliphatic heterocycles. The molecule has 1 aliphatic carbocycles. The number of ether oxygens (including phenoxy) is 2. The summed E-state index contributed by atoms with van der Waals surface area (Å²) in [7, 11) is 3.23. The monoisotopic (exact) mass is 548 g/mol. The summed E-state index contributed by atoms with van der Waals surface area (Å²) in [5.74, 6) is 1.25. The van der Waals surface area contributed by atoms with E-state index < -0.39 is 0 Å². The Kier molecular flexibility index (Phi) is 6.19. The lowest BCUT2D eigenvalue weighted by Gasteiger charge is -2.31. The SMILES string of the molecule is COc1ccc([C@H]2C3=C(N=c4s/c(=C/c5cccc(Cl)c5Cl)c(=O)n42)c2ccccc2CC3)cc1OC. The zero-order valence-electron chi connectivity index (χ0n) is 20.1. The lowest BCUT2D eigenvalue weighted by molar-refractivity contribution is 0.354. The first-order valence-corrected chi connectivity index (χ1v) is 13.4. The largest absolute Gasteiger partial charge is 0.493 e. The molecule has 37 heavy (non-hydrogen) atoms. The lowest BCUT2D eigenvalue weighted by Crippen LogP contribution is -2.38. The molecule has 1 aromatic heterocycles. The average Bonchev–Trinajstić information content (AvgIpc) is 3.23. The smallest absolute Gasteiger partial charge is 0.271 e. The number of halogens is 2. The van der Waals surface area contributed by atoms with Gasteiger partial charge in [-0.15, -0.1) is 0 Å². The van der Waals surface area contributed by atoms with Crippen molar-refractivity contribution in [3.8, 4) is 11.5 Å². The summed E-state index contributed by atoms with van der Waals surface area (Å²) in [6, 6.07) is 19.2. The molecule has 0 saturated heterocycles. The molecule has 0 bridgehead atoms. The molecule has 0 radical (unpaired) electrons. The van der Waals surface area contributed by atoms with Crippen LogP contribution in [-0.2, 0) is 6.42 Å². The molecule has 8 heteroatoms. The van der Waals surface area contributed by atoms with Crippen molar-refractivity contribution in [1.29, 1.82) is 0 Å². The number of aromatic nitrogens is 1. The molecule has 4 aromatic rings. The number of thiazole rings is 1. The number of allylic oxidation sites excluding steroid dienone is 1. The Labute approximate surface area is 227 Å². The van der Waals surface area contributed by atoms with E-state index in [0.717, 1.165) is 35.2 Å². The topological polar surface area (TPSA) is 52.8 Å². The molecule has 6 rings (SSSR count). The van der Waals surface area contributed by atoms with Crippen molar-refractivity contribution in [2.45, 2.75) is 18.9 Å². The van der Waals surface area contributed by atoms with E-state index >= 15 is 0 Å². The number of rotatable bonds is 4. The molecule has 0 fully saturated rings. The minimum absolute atomic E-state index is 0.120. The summed E-state index contributed by atoms with van der Waals surface area (Å²) >= 11 is 14.0. The van der Waals surface area contributed by atoms with E-state index in [1.54, 1.807) is 30.9 Å². The van der Waals surface area contributed by atoms with Crippen LogP contribution in [0.5, 0.6) is 11.5 Å². The van der Waals surface area contributed by atoms with E-state index in [-0.39, 0.29) is 11.6 Å². The number of fused-ring (bicyclic) bond motifs is 3. The zero-order chi connectivity index (χ0) is 25.7. The number of hydrogen-bond donors (Lipinski definition) is 0. The van der Waals surface area contributed by atoms with Crippen LogP contribution in [-0.4, -0.2) is 18.8 Å². The maximum absolute atomic E-state index is 13.9. The highest BCUT2D eigenvalue weighted by Crippen LogP contribution is 2.42. The predicted octanol–water partition coefficient (Wildman–Crippen LogP) is 5.64. The molecule has 0 amide bonds. The van der Waals surface area contributed by atoms with Crippen LogP contribution in [0.4, 0.5) is 0 Å². The molecular weight excluding hydrogens is 527 g/mol. The lowest BCUT2D eigenvalue weighted by atomic mass is 9.83. The molecule has 5 nitrogen and oxygen atoms in total. The van der Waals surface area contributed by atoms with Crippen molar-refractivity contribution in [2.24, 2.45) is 4.99 Å². The number of methoxy groups -OCH3 is 2. The number of aryl methyl sites for hydroxylation is 1. The second-order valence-corrected chi connectivity index (χ2v) is 10.7. The number of hydrogen-bond acceptors (Lipinski definition) is 5. The fourth-order valence-corrected chi connectivity index (χ4v) is 6.47. The maximum Gasteiger partial charge on any atom is 0.271 e. The minimum atomic E-state index is -0.323. The Morgan fingerprint density at radius 1 is 1.00 bits per heavy atom. The van der Waals surface area contributed by atoms with Gasteiger partial charge in [-0.3, -0.25) is 9.36 Å². The molecule has 0 saturated carbocycles. The van der Waals surface area contributed by atoms with Crippen molar-refractivity contribution in [3.05, 3.63) is 118 Å². The molecule has 1 atom stereocenters. The average molecular weight is 549 g/mol. The van der Waals surface area contributed by atoms with Gasteiger partial charge in [0.05, 0.1) is 40.5 Å². The van der Waals surface area contributed by atoms with E-state index in [1.807, 2.05) is 36.4 Å². The number of benzene rings is 3. The predicted molar refractivity (Wildman–Crippen MR) is 149 cm³/mol. The highest BCUT2D eigenvalue weighted by Gasteiger charge is 2.33.